The lowest BCUT2D eigenvalue weighted by atomic mass is 10.3. The van der Waals surface area contributed by atoms with Gasteiger partial charge in [-0.3, -0.25) is 4.79 Å². The number of para-hydroxylation sites is 1. The number of esters is 1. The van der Waals surface area contributed by atoms with Crippen LogP contribution in [0.5, 0.6) is 0 Å². The van der Waals surface area contributed by atoms with Crippen LogP contribution in [0.25, 0.3) is 0 Å². The minimum Gasteiger partial charge on any atom is -0.469 e. The third-order valence-electron chi connectivity index (χ3n) is 2.78. The Hall–Kier alpha value is -1.79. The zero-order valence-electron chi connectivity index (χ0n) is 12.1. The van der Waals surface area contributed by atoms with Gasteiger partial charge in [-0.2, -0.15) is 0 Å². The highest BCUT2D eigenvalue weighted by Gasteiger charge is 2.16. The largest absolute Gasteiger partial charge is 0.469 e. The third-order valence-corrected chi connectivity index (χ3v) is 3.11. The van der Waals surface area contributed by atoms with E-state index in [9.17, 15) is 9.59 Å². The number of amides is 2. The van der Waals surface area contributed by atoms with Crippen LogP contribution in [0.2, 0.25) is 5.02 Å². The molecule has 0 saturated heterocycles. The lowest BCUT2D eigenvalue weighted by Crippen LogP contribution is -2.38. The lowest BCUT2D eigenvalue weighted by Gasteiger charge is -2.22. The molecule has 2 amide bonds. The van der Waals surface area contributed by atoms with Crippen LogP contribution in [0.3, 0.4) is 0 Å². The number of anilines is 1. The highest BCUT2D eigenvalue weighted by molar-refractivity contribution is 6.33. The SMILES string of the molecule is COCCN(CCC(=O)OC)C(=O)Nc1ccccc1Cl. The number of carbonyl (C=O) groups is 2. The molecule has 0 heterocycles. The average molecular weight is 315 g/mol. The van der Waals surface area contributed by atoms with Crippen LogP contribution in [0.1, 0.15) is 6.42 Å². The second kappa shape index (κ2) is 9.20. The maximum absolute atomic E-state index is 12.2. The number of nitrogens with zero attached hydrogens (tertiary/aromatic N) is 1. The van der Waals surface area contributed by atoms with Gasteiger partial charge in [0, 0.05) is 20.2 Å². The van der Waals surface area contributed by atoms with Crippen LogP contribution in [0.4, 0.5) is 10.5 Å². The van der Waals surface area contributed by atoms with E-state index in [2.05, 4.69) is 10.1 Å². The summed E-state index contributed by atoms with van der Waals surface area (Å²) < 4.78 is 9.54. The van der Waals surface area contributed by atoms with Crippen molar-refractivity contribution < 1.29 is 19.1 Å². The number of ether oxygens (including phenoxy) is 2. The van der Waals surface area contributed by atoms with Gasteiger partial charge >= 0.3 is 12.0 Å². The van der Waals surface area contributed by atoms with Gasteiger partial charge in [-0.05, 0) is 12.1 Å². The predicted octanol–water partition coefficient (Wildman–Crippen LogP) is 2.38. The smallest absolute Gasteiger partial charge is 0.321 e. The summed E-state index contributed by atoms with van der Waals surface area (Å²) in [4.78, 5) is 24.9. The van der Waals surface area contributed by atoms with E-state index < -0.39 is 0 Å². The van der Waals surface area contributed by atoms with E-state index in [1.54, 1.807) is 31.4 Å². The first-order chi connectivity index (χ1) is 10.1. The Morgan fingerprint density at radius 1 is 1.24 bits per heavy atom. The molecule has 0 fully saturated rings. The van der Waals surface area contributed by atoms with Crippen molar-refractivity contribution in [2.24, 2.45) is 0 Å². The molecule has 6 nitrogen and oxygen atoms in total. The molecular formula is C14H19ClN2O4. The van der Waals surface area contributed by atoms with E-state index >= 15 is 0 Å². The van der Waals surface area contributed by atoms with Crippen LogP contribution < -0.4 is 5.32 Å². The van der Waals surface area contributed by atoms with Crippen molar-refractivity contribution in [1.29, 1.82) is 0 Å². The second-order valence-corrected chi connectivity index (χ2v) is 4.62. The van der Waals surface area contributed by atoms with E-state index in [-0.39, 0.29) is 25.0 Å². The number of hydrogen-bond donors (Lipinski definition) is 1. The van der Waals surface area contributed by atoms with Crippen LogP contribution in [0.15, 0.2) is 24.3 Å². The molecule has 21 heavy (non-hydrogen) atoms. The molecule has 0 spiro atoms. The Labute approximate surface area is 129 Å². The number of urea groups is 1. The fourth-order valence-electron chi connectivity index (χ4n) is 1.60. The molecule has 1 aromatic rings. The molecule has 116 valence electrons. The number of benzene rings is 1. The molecule has 0 aromatic heterocycles. The van der Waals surface area contributed by atoms with E-state index in [1.165, 1.54) is 12.0 Å². The van der Waals surface area contributed by atoms with Gasteiger partial charge in [-0.15, -0.1) is 0 Å². The minimum atomic E-state index is -0.372. The van der Waals surface area contributed by atoms with E-state index in [4.69, 9.17) is 16.3 Å². The minimum absolute atomic E-state index is 0.121. The molecule has 0 atom stereocenters. The number of rotatable bonds is 7. The number of carbonyl (C=O) groups excluding carboxylic acids is 2. The summed E-state index contributed by atoms with van der Waals surface area (Å²) in [6.07, 6.45) is 0.121. The van der Waals surface area contributed by atoms with Gasteiger partial charge in [-0.25, -0.2) is 4.79 Å². The number of nitrogens with one attached hydrogen (secondary N) is 1. The van der Waals surface area contributed by atoms with Gasteiger partial charge < -0.3 is 19.7 Å². The second-order valence-electron chi connectivity index (χ2n) is 4.22. The van der Waals surface area contributed by atoms with Crippen molar-refractivity contribution in [3.05, 3.63) is 29.3 Å². The van der Waals surface area contributed by atoms with Crippen LogP contribution in [-0.2, 0) is 14.3 Å². The van der Waals surface area contributed by atoms with Crippen molar-refractivity contribution in [3.63, 3.8) is 0 Å². The summed E-state index contributed by atoms with van der Waals surface area (Å²) in [5.41, 5.74) is 0.518. The molecule has 0 bridgehead atoms. The fraction of sp³-hybridized carbons (Fsp3) is 0.429. The molecule has 7 heteroatoms. The summed E-state index contributed by atoms with van der Waals surface area (Å²) in [5.74, 6) is -0.372. The van der Waals surface area contributed by atoms with Gasteiger partial charge in [0.05, 0.1) is 30.8 Å². The van der Waals surface area contributed by atoms with Gasteiger partial charge in [0.25, 0.3) is 0 Å². The molecular weight excluding hydrogens is 296 g/mol. The molecule has 1 N–H and O–H groups in total. The Kier molecular flexibility index (Phi) is 7.56. The van der Waals surface area contributed by atoms with Crippen molar-refractivity contribution in [2.75, 3.05) is 39.2 Å². The highest BCUT2D eigenvalue weighted by Crippen LogP contribution is 2.20. The molecule has 0 saturated carbocycles. The first kappa shape index (κ1) is 17.3. The first-order valence-electron chi connectivity index (χ1n) is 6.44. The maximum atomic E-state index is 12.2. The number of methoxy groups -OCH3 is 2. The monoisotopic (exact) mass is 314 g/mol. The van der Waals surface area contributed by atoms with Gasteiger partial charge in [0.1, 0.15) is 0 Å². The first-order valence-corrected chi connectivity index (χ1v) is 6.82. The van der Waals surface area contributed by atoms with Crippen molar-refractivity contribution >= 4 is 29.3 Å². The normalized spacial score (nSPS) is 10.0. The number of halogens is 1. The molecule has 0 aliphatic carbocycles. The maximum Gasteiger partial charge on any atom is 0.321 e. The summed E-state index contributed by atoms with van der Waals surface area (Å²) in [7, 11) is 2.86. The zero-order chi connectivity index (χ0) is 15.7. The fourth-order valence-corrected chi connectivity index (χ4v) is 1.78. The Bertz CT molecular complexity index is 482. The van der Waals surface area contributed by atoms with Gasteiger partial charge in [0.15, 0.2) is 0 Å². The lowest BCUT2D eigenvalue weighted by molar-refractivity contribution is -0.140. The Balaban J connectivity index is 2.65. The van der Waals surface area contributed by atoms with Crippen molar-refractivity contribution in [2.45, 2.75) is 6.42 Å². The Morgan fingerprint density at radius 2 is 1.95 bits per heavy atom. The average Bonchev–Trinajstić information content (AvgIpc) is 2.49. The summed E-state index contributed by atoms with van der Waals surface area (Å²) in [6.45, 7) is 0.979. The predicted molar refractivity (Wildman–Crippen MR) is 80.6 cm³/mol. The quantitative estimate of drug-likeness (QED) is 0.785. The summed E-state index contributed by atoms with van der Waals surface area (Å²) in [5, 5.41) is 3.16. The van der Waals surface area contributed by atoms with Crippen LogP contribution in [-0.4, -0.2) is 50.8 Å². The summed E-state index contributed by atoms with van der Waals surface area (Å²) >= 11 is 6.00. The van der Waals surface area contributed by atoms with Crippen LogP contribution >= 0.6 is 11.6 Å². The molecule has 1 aromatic carbocycles. The van der Waals surface area contributed by atoms with E-state index in [0.717, 1.165) is 0 Å². The van der Waals surface area contributed by atoms with Gasteiger partial charge in [0.2, 0.25) is 0 Å². The molecule has 1 rings (SSSR count). The molecule has 0 aliphatic heterocycles. The van der Waals surface area contributed by atoms with Crippen molar-refractivity contribution in [3.8, 4) is 0 Å². The standard InChI is InChI=1S/C14H19ClN2O4/c1-20-10-9-17(8-7-13(18)21-2)14(19)16-12-6-4-3-5-11(12)15/h3-6H,7-10H2,1-2H3,(H,16,19). The van der Waals surface area contributed by atoms with Gasteiger partial charge in [-0.1, -0.05) is 23.7 Å². The van der Waals surface area contributed by atoms with E-state index in [1.807, 2.05) is 0 Å². The molecule has 0 aliphatic rings. The molecule has 0 unspecified atom stereocenters. The van der Waals surface area contributed by atoms with Crippen molar-refractivity contribution in [1.82, 2.24) is 4.90 Å². The Morgan fingerprint density at radius 3 is 2.57 bits per heavy atom. The highest BCUT2D eigenvalue weighted by atomic mass is 35.5. The third kappa shape index (κ3) is 6.01. The van der Waals surface area contributed by atoms with E-state index in [0.29, 0.717) is 23.9 Å². The zero-order valence-corrected chi connectivity index (χ0v) is 12.9. The number of hydrogen-bond acceptors (Lipinski definition) is 4. The molecule has 0 radical (unpaired) electrons. The topological polar surface area (TPSA) is 67.9 Å². The van der Waals surface area contributed by atoms with Crippen LogP contribution in [0, 0.1) is 0 Å². The summed E-state index contributed by atoms with van der Waals surface area (Å²) in [6, 6.07) is 6.59.